The Labute approximate surface area is 180 Å². The van der Waals surface area contributed by atoms with Gasteiger partial charge in [-0.25, -0.2) is 15.0 Å². The molecule has 9 heteroatoms. The number of rotatable bonds is 5. The fraction of sp³-hybridized carbons (Fsp3) is 0.500. The highest BCUT2D eigenvalue weighted by molar-refractivity contribution is 6.03. The van der Waals surface area contributed by atoms with Crippen molar-refractivity contribution in [2.75, 3.05) is 19.6 Å². The smallest absolute Gasteiger partial charge is 0.270 e. The normalized spacial score (nSPS) is 25.9. The van der Waals surface area contributed by atoms with Crippen molar-refractivity contribution < 1.29 is 9.59 Å². The molecule has 9 nitrogen and oxygen atoms in total. The SMILES string of the molecule is CC1CN(C(=O)C2CC(n3ccnc3)C2)CCC1CNC(=O)c1ncnc2[nH]ccc12. The van der Waals surface area contributed by atoms with Gasteiger partial charge in [0, 0.05) is 50.2 Å². The van der Waals surface area contributed by atoms with E-state index in [0.717, 1.165) is 37.7 Å². The van der Waals surface area contributed by atoms with Gasteiger partial charge in [-0.05, 0) is 37.2 Å². The summed E-state index contributed by atoms with van der Waals surface area (Å²) in [5.41, 5.74) is 1.05. The van der Waals surface area contributed by atoms with Crippen LogP contribution in [-0.4, -0.2) is 60.9 Å². The summed E-state index contributed by atoms with van der Waals surface area (Å²) in [6.45, 7) is 4.26. The van der Waals surface area contributed by atoms with Gasteiger partial charge in [0.05, 0.1) is 11.7 Å². The lowest BCUT2D eigenvalue weighted by atomic mass is 9.78. The van der Waals surface area contributed by atoms with Gasteiger partial charge >= 0.3 is 0 Å². The first-order valence-electron chi connectivity index (χ1n) is 10.9. The zero-order valence-corrected chi connectivity index (χ0v) is 17.6. The van der Waals surface area contributed by atoms with Gasteiger partial charge in [0.15, 0.2) is 0 Å². The number of hydrogen-bond acceptors (Lipinski definition) is 5. The molecular weight excluding hydrogens is 394 g/mol. The van der Waals surface area contributed by atoms with Gasteiger partial charge in [-0.15, -0.1) is 0 Å². The predicted octanol–water partition coefficient (Wildman–Crippen LogP) is 2.02. The van der Waals surface area contributed by atoms with E-state index in [1.54, 1.807) is 12.4 Å². The number of aromatic amines is 1. The number of carbonyl (C=O) groups excluding carboxylic acids is 2. The third kappa shape index (κ3) is 3.80. The van der Waals surface area contributed by atoms with Crippen LogP contribution in [0.3, 0.4) is 0 Å². The molecular formula is C22H27N7O2. The number of nitrogens with zero attached hydrogens (tertiary/aromatic N) is 5. The molecule has 31 heavy (non-hydrogen) atoms. The zero-order valence-electron chi connectivity index (χ0n) is 17.6. The lowest BCUT2D eigenvalue weighted by Gasteiger charge is -2.42. The van der Waals surface area contributed by atoms with Gasteiger partial charge in [-0.1, -0.05) is 6.92 Å². The van der Waals surface area contributed by atoms with Crippen molar-refractivity contribution in [2.45, 2.75) is 32.2 Å². The first-order chi connectivity index (χ1) is 15.1. The van der Waals surface area contributed by atoms with Crippen LogP contribution in [0.25, 0.3) is 11.0 Å². The fourth-order valence-electron chi connectivity index (χ4n) is 4.83. The average Bonchev–Trinajstić information content (AvgIpc) is 3.43. The first kappa shape index (κ1) is 19.7. The van der Waals surface area contributed by atoms with Crippen LogP contribution >= 0.6 is 0 Å². The molecule has 2 atom stereocenters. The number of nitrogens with one attached hydrogen (secondary N) is 2. The molecule has 0 radical (unpaired) electrons. The zero-order chi connectivity index (χ0) is 21.4. The Morgan fingerprint density at radius 2 is 2.16 bits per heavy atom. The van der Waals surface area contributed by atoms with E-state index < -0.39 is 0 Å². The second kappa shape index (κ2) is 8.13. The van der Waals surface area contributed by atoms with Gasteiger partial charge in [-0.3, -0.25) is 9.59 Å². The van der Waals surface area contributed by atoms with E-state index in [1.807, 2.05) is 23.5 Å². The number of piperidine rings is 1. The van der Waals surface area contributed by atoms with Crippen molar-refractivity contribution in [1.82, 2.24) is 34.7 Å². The van der Waals surface area contributed by atoms with Gasteiger partial charge in [0.25, 0.3) is 5.91 Å². The second-order valence-electron chi connectivity index (χ2n) is 8.81. The summed E-state index contributed by atoms with van der Waals surface area (Å²) >= 11 is 0. The Hall–Kier alpha value is -3.23. The van der Waals surface area contributed by atoms with Crippen LogP contribution < -0.4 is 5.32 Å². The topological polar surface area (TPSA) is 109 Å². The maximum atomic E-state index is 12.9. The van der Waals surface area contributed by atoms with Crippen LogP contribution in [0.4, 0.5) is 0 Å². The Kier molecular flexibility index (Phi) is 5.17. The molecule has 2 aliphatic rings. The summed E-state index contributed by atoms with van der Waals surface area (Å²) in [6.07, 6.45) is 11.4. The summed E-state index contributed by atoms with van der Waals surface area (Å²) in [6, 6.07) is 2.21. The van der Waals surface area contributed by atoms with Gasteiger partial charge in [0.1, 0.15) is 17.7 Å². The summed E-state index contributed by atoms with van der Waals surface area (Å²) in [5.74, 6) is 0.897. The Morgan fingerprint density at radius 3 is 2.94 bits per heavy atom. The minimum atomic E-state index is -0.183. The third-order valence-electron chi connectivity index (χ3n) is 6.90. The predicted molar refractivity (Wildman–Crippen MR) is 114 cm³/mol. The highest BCUT2D eigenvalue weighted by Crippen LogP contribution is 2.39. The molecule has 0 bridgehead atoms. The number of amides is 2. The van der Waals surface area contributed by atoms with E-state index in [4.69, 9.17) is 0 Å². The highest BCUT2D eigenvalue weighted by atomic mass is 16.2. The van der Waals surface area contributed by atoms with E-state index in [1.165, 1.54) is 6.33 Å². The molecule has 2 N–H and O–H groups in total. The molecule has 1 aliphatic carbocycles. The number of likely N-dealkylation sites (tertiary alicyclic amines) is 1. The molecule has 4 heterocycles. The minimum absolute atomic E-state index is 0.123. The minimum Gasteiger partial charge on any atom is -0.350 e. The molecule has 162 valence electrons. The number of hydrogen-bond donors (Lipinski definition) is 2. The van der Waals surface area contributed by atoms with Gasteiger partial charge in [0.2, 0.25) is 5.91 Å². The summed E-state index contributed by atoms with van der Waals surface area (Å²) in [4.78, 5) is 43.0. The lowest BCUT2D eigenvalue weighted by Crippen LogP contribution is -2.49. The quantitative estimate of drug-likeness (QED) is 0.655. The molecule has 0 aromatic carbocycles. The molecule has 1 aliphatic heterocycles. The summed E-state index contributed by atoms with van der Waals surface area (Å²) < 4.78 is 2.10. The van der Waals surface area contributed by atoms with Gasteiger partial charge < -0.3 is 19.8 Å². The van der Waals surface area contributed by atoms with E-state index in [9.17, 15) is 9.59 Å². The molecule has 1 saturated heterocycles. The maximum absolute atomic E-state index is 12.9. The molecule has 5 rings (SSSR count). The van der Waals surface area contributed by atoms with E-state index >= 15 is 0 Å². The number of carbonyl (C=O) groups is 2. The summed E-state index contributed by atoms with van der Waals surface area (Å²) in [7, 11) is 0. The third-order valence-corrected chi connectivity index (χ3v) is 6.90. The largest absolute Gasteiger partial charge is 0.350 e. The van der Waals surface area contributed by atoms with Crippen molar-refractivity contribution in [3.63, 3.8) is 0 Å². The van der Waals surface area contributed by atoms with E-state index in [-0.39, 0.29) is 17.7 Å². The Bertz CT molecular complexity index is 1070. The van der Waals surface area contributed by atoms with Crippen LogP contribution in [0.2, 0.25) is 0 Å². The molecule has 3 aromatic heterocycles. The average molecular weight is 422 g/mol. The van der Waals surface area contributed by atoms with Gasteiger partial charge in [-0.2, -0.15) is 0 Å². The van der Waals surface area contributed by atoms with E-state index in [0.29, 0.717) is 35.8 Å². The number of fused-ring (bicyclic) bond motifs is 1. The Morgan fingerprint density at radius 1 is 1.29 bits per heavy atom. The lowest BCUT2D eigenvalue weighted by molar-refractivity contribution is -0.142. The van der Waals surface area contributed by atoms with Crippen LogP contribution in [0.15, 0.2) is 37.3 Å². The van der Waals surface area contributed by atoms with Crippen molar-refractivity contribution in [1.29, 1.82) is 0 Å². The van der Waals surface area contributed by atoms with Crippen molar-refractivity contribution >= 4 is 22.8 Å². The molecule has 3 aromatic rings. The fourth-order valence-corrected chi connectivity index (χ4v) is 4.83. The number of aromatic nitrogens is 5. The number of H-pyrrole nitrogens is 1. The maximum Gasteiger partial charge on any atom is 0.270 e. The standard InChI is InChI=1S/C22H27N7O2/c1-14-11-28(22(31)16-8-17(9-16)29-7-5-23-13-29)6-3-15(14)10-25-21(30)19-18-2-4-24-20(18)27-12-26-19/h2,4-5,7,12-17H,3,6,8-11H2,1H3,(H,25,30)(H,24,26,27). The number of imidazole rings is 1. The van der Waals surface area contributed by atoms with Crippen molar-refractivity contribution in [3.05, 3.63) is 43.0 Å². The molecule has 2 unspecified atom stereocenters. The second-order valence-corrected chi connectivity index (χ2v) is 8.81. The van der Waals surface area contributed by atoms with Crippen LogP contribution in [0.1, 0.15) is 42.7 Å². The van der Waals surface area contributed by atoms with Crippen molar-refractivity contribution in [3.8, 4) is 0 Å². The molecule has 2 fully saturated rings. The van der Waals surface area contributed by atoms with Crippen LogP contribution in [0.5, 0.6) is 0 Å². The first-order valence-corrected chi connectivity index (χ1v) is 10.9. The molecule has 2 amide bonds. The van der Waals surface area contributed by atoms with Crippen LogP contribution in [-0.2, 0) is 4.79 Å². The molecule has 0 spiro atoms. The van der Waals surface area contributed by atoms with Crippen molar-refractivity contribution in [2.24, 2.45) is 17.8 Å². The highest BCUT2D eigenvalue weighted by Gasteiger charge is 2.39. The van der Waals surface area contributed by atoms with E-state index in [2.05, 4.69) is 36.7 Å². The molecule has 1 saturated carbocycles. The summed E-state index contributed by atoms with van der Waals surface area (Å²) in [5, 5.41) is 3.76. The Balaban J connectivity index is 1.11. The monoisotopic (exact) mass is 421 g/mol. The van der Waals surface area contributed by atoms with Crippen LogP contribution in [0, 0.1) is 17.8 Å².